The highest BCUT2D eigenvalue weighted by Gasteiger charge is 2.23. The van der Waals surface area contributed by atoms with Crippen LogP contribution < -0.4 is 9.47 Å². The lowest BCUT2D eigenvalue weighted by atomic mass is 10.1. The third-order valence-corrected chi connectivity index (χ3v) is 5.98. The van der Waals surface area contributed by atoms with Gasteiger partial charge in [-0.2, -0.15) is 0 Å². The van der Waals surface area contributed by atoms with E-state index in [1.165, 1.54) is 0 Å². The van der Waals surface area contributed by atoms with Crippen molar-refractivity contribution in [1.82, 2.24) is 4.90 Å². The summed E-state index contributed by atoms with van der Waals surface area (Å²) in [5, 5.41) is 1.16. The van der Waals surface area contributed by atoms with E-state index in [2.05, 4.69) is 12.1 Å². The van der Waals surface area contributed by atoms with Crippen molar-refractivity contribution < 1.29 is 14.3 Å². The smallest absolute Gasteiger partial charge is 0.264 e. The summed E-state index contributed by atoms with van der Waals surface area (Å²) in [7, 11) is 0. The lowest BCUT2D eigenvalue weighted by Crippen LogP contribution is -2.30. The van der Waals surface area contributed by atoms with Gasteiger partial charge in [0.05, 0.1) is 4.88 Å². The Hall–Kier alpha value is -2.53. The first-order chi connectivity index (χ1) is 12.7. The van der Waals surface area contributed by atoms with Crippen LogP contribution in [-0.2, 0) is 6.54 Å². The van der Waals surface area contributed by atoms with Crippen LogP contribution in [0.25, 0.3) is 10.1 Å². The van der Waals surface area contributed by atoms with Gasteiger partial charge in [0.25, 0.3) is 5.91 Å². The van der Waals surface area contributed by atoms with E-state index in [9.17, 15) is 4.79 Å². The largest absolute Gasteiger partial charge is 0.486 e. The Labute approximate surface area is 157 Å². The number of rotatable bonds is 4. The molecule has 2 heterocycles. The molecule has 0 unspecified atom stereocenters. The van der Waals surface area contributed by atoms with Crippen LogP contribution in [0.15, 0.2) is 42.5 Å². The molecule has 3 aromatic rings. The lowest BCUT2D eigenvalue weighted by Gasteiger charge is -2.25. The second kappa shape index (κ2) is 7.00. The maximum Gasteiger partial charge on any atom is 0.264 e. The van der Waals surface area contributed by atoms with Gasteiger partial charge >= 0.3 is 0 Å². The molecule has 0 radical (unpaired) electrons. The normalized spacial score (nSPS) is 13.0. The number of para-hydroxylation sites is 1. The minimum atomic E-state index is 0.0699. The number of hydrogen-bond donors (Lipinski definition) is 0. The zero-order valence-electron chi connectivity index (χ0n) is 15.0. The molecular formula is C21H21NO3S. The molecule has 0 saturated heterocycles. The number of fused-ring (bicyclic) bond motifs is 2. The van der Waals surface area contributed by atoms with E-state index >= 15 is 0 Å². The molecule has 4 rings (SSSR count). The Balaban J connectivity index is 1.65. The molecular weight excluding hydrogens is 346 g/mol. The fraction of sp³-hybridized carbons (Fsp3) is 0.286. The average Bonchev–Trinajstić information content (AvgIpc) is 3.02. The molecule has 1 aliphatic rings. The Bertz CT molecular complexity index is 963. The fourth-order valence-corrected chi connectivity index (χ4v) is 4.49. The lowest BCUT2D eigenvalue weighted by molar-refractivity contribution is 0.0753. The molecule has 1 aromatic heterocycles. The van der Waals surface area contributed by atoms with E-state index < -0.39 is 0 Å². The topological polar surface area (TPSA) is 38.8 Å². The summed E-state index contributed by atoms with van der Waals surface area (Å²) in [5.41, 5.74) is 2.04. The van der Waals surface area contributed by atoms with Gasteiger partial charge < -0.3 is 14.4 Å². The molecule has 134 valence electrons. The van der Waals surface area contributed by atoms with E-state index in [4.69, 9.17) is 9.47 Å². The molecule has 0 bridgehead atoms. The van der Waals surface area contributed by atoms with Gasteiger partial charge in [-0.1, -0.05) is 30.3 Å². The summed E-state index contributed by atoms with van der Waals surface area (Å²) < 4.78 is 12.6. The number of ether oxygens (including phenoxy) is 2. The van der Waals surface area contributed by atoms with Crippen LogP contribution in [0.4, 0.5) is 0 Å². The van der Waals surface area contributed by atoms with Gasteiger partial charge in [0.15, 0.2) is 11.5 Å². The van der Waals surface area contributed by atoms with Crippen molar-refractivity contribution in [2.45, 2.75) is 20.4 Å². The minimum Gasteiger partial charge on any atom is -0.486 e. The second-order valence-corrected chi connectivity index (χ2v) is 7.37. The molecule has 2 aromatic carbocycles. The van der Waals surface area contributed by atoms with E-state index in [0.717, 1.165) is 37.6 Å². The van der Waals surface area contributed by atoms with Gasteiger partial charge in [-0.3, -0.25) is 4.79 Å². The Morgan fingerprint density at radius 3 is 2.73 bits per heavy atom. The molecule has 0 N–H and O–H groups in total. The van der Waals surface area contributed by atoms with Crippen molar-refractivity contribution in [3.05, 3.63) is 58.5 Å². The summed E-state index contributed by atoms with van der Waals surface area (Å²) >= 11 is 1.57. The van der Waals surface area contributed by atoms with Gasteiger partial charge in [0.1, 0.15) is 13.2 Å². The van der Waals surface area contributed by atoms with Gasteiger partial charge in [0, 0.05) is 23.4 Å². The van der Waals surface area contributed by atoms with Crippen LogP contribution in [0.5, 0.6) is 11.5 Å². The number of carbonyl (C=O) groups excluding carboxylic acids is 1. The molecule has 4 nitrogen and oxygen atoms in total. The SMILES string of the molecule is CCN(Cc1cccc2c1OCCO2)C(=O)c1sc2ccccc2c1C. The van der Waals surface area contributed by atoms with E-state index in [1.54, 1.807) is 11.3 Å². The first-order valence-corrected chi connectivity index (χ1v) is 9.65. The summed E-state index contributed by atoms with van der Waals surface area (Å²) in [4.78, 5) is 15.9. The van der Waals surface area contributed by atoms with Gasteiger partial charge in [0.2, 0.25) is 0 Å². The van der Waals surface area contributed by atoms with Gasteiger partial charge in [-0.25, -0.2) is 0 Å². The molecule has 0 saturated carbocycles. The van der Waals surface area contributed by atoms with Crippen LogP contribution in [0.3, 0.4) is 0 Å². The first kappa shape index (κ1) is 16.9. The Morgan fingerprint density at radius 2 is 1.92 bits per heavy atom. The monoisotopic (exact) mass is 367 g/mol. The van der Waals surface area contributed by atoms with E-state index in [1.807, 2.05) is 49.1 Å². The highest BCUT2D eigenvalue weighted by atomic mass is 32.1. The summed E-state index contributed by atoms with van der Waals surface area (Å²) in [6.07, 6.45) is 0. The molecule has 5 heteroatoms. The maximum absolute atomic E-state index is 13.2. The van der Waals surface area contributed by atoms with Crippen LogP contribution in [-0.4, -0.2) is 30.6 Å². The number of amides is 1. The van der Waals surface area contributed by atoms with Crippen LogP contribution >= 0.6 is 11.3 Å². The number of carbonyl (C=O) groups is 1. The fourth-order valence-electron chi connectivity index (χ4n) is 3.31. The van der Waals surface area contributed by atoms with Crippen molar-refractivity contribution in [2.75, 3.05) is 19.8 Å². The van der Waals surface area contributed by atoms with Crippen molar-refractivity contribution in [2.24, 2.45) is 0 Å². The van der Waals surface area contributed by atoms with Crippen molar-refractivity contribution in [3.8, 4) is 11.5 Å². The summed E-state index contributed by atoms with van der Waals surface area (Å²) in [6.45, 7) is 6.29. The zero-order valence-corrected chi connectivity index (χ0v) is 15.8. The predicted octanol–water partition coefficient (Wildman–Crippen LogP) is 4.64. The second-order valence-electron chi connectivity index (χ2n) is 6.31. The van der Waals surface area contributed by atoms with E-state index in [-0.39, 0.29) is 5.91 Å². The summed E-state index contributed by atoms with van der Waals surface area (Å²) in [5.74, 6) is 1.59. The quantitative estimate of drug-likeness (QED) is 0.674. The number of hydrogen-bond acceptors (Lipinski definition) is 4. The average molecular weight is 367 g/mol. The van der Waals surface area contributed by atoms with Crippen molar-refractivity contribution in [3.63, 3.8) is 0 Å². The van der Waals surface area contributed by atoms with E-state index in [0.29, 0.717) is 26.3 Å². The third-order valence-electron chi connectivity index (χ3n) is 4.72. The van der Waals surface area contributed by atoms with Crippen LogP contribution in [0, 0.1) is 6.92 Å². The Morgan fingerprint density at radius 1 is 1.12 bits per heavy atom. The predicted molar refractivity (Wildman–Crippen MR) is 104 cm³/mol. The minimum absolute atomic E-state index is 0.0699. The van der Waals surface area contributed by atoms with Gasteiger partial charge in [-0.15, -0.1) is 11.3 Å². The molecule has 26 heavy (non-hydrogen) atoms. The number of thiophene rings is 1. The molecule has 1 aliphatic heterocycles. The molecule has 0 atom stereocenters. The number of benzene rings is 2. The maximum atomic E-state index is 13.2. The standard InChI is InChI=1S/C21H21NO3S/c1-3-22(13-15-7-6-9-17-19(15)25-12-11-24-17)21(23)20-14(2)16-8-4-5-10-18(16)26-20/h4-10H,3,11-13H2,1-2H3. The third kappa shape index (κ3) is 2.92. The first-order valence-electron chi connectivity index (χ1n) is 8.84. The van der Waals surface area contributed by atoms with Crippen molar-refractivity contribution in [1.29, 1.82) is 0 Å². The summed E-state index contributed by atoms with van der Waals surface area (Å²) in [6, 6.07) is 14.0. The Kier molecular flexibility index (Phi) is 4.55. The molecule has 0 spiro atoms. The molecule has 1 amide bonds. The van der Waals surface area contributed by atoms with Gasteiger partial charge in [-0.05, 0) is 36.9 Å². The highest BCUT2D eigenvalue weighted by Crippen LogP contribution is 2.35. The highest BCUT2D eigenvalue weighted by molar-refractivity contribution is 7.21. The molecule has 0 fully saturated rings. The van der Waals surface area contributed by atoms with Crippen LogP contribution in [0.1, 0.15) is 27.7 Å². The number of aryl methyl sites for hydroxylation is 1. The zero-order chi connectivity index (χ0) is 18.1. The molecule has 0 aliphatic carbocycles. The van der Waals surface area contributed by atoms with Crippen LogP contribution in [0.2, 0.25) is 0 Å². The van der Waals surface area contributed by atoms with Crippen molar-refractivity contribution >= 4 is 27.3 Å². The number of nitrogens with zero attached hydrogens (tertiary/aromatic N) is 1.